The lowest BCUT2D eigenvalue weighted by atomic mass is 10.0. The second-order valence-corrected chi connectivity index (χ2v) is 6.07. The fraction of sp³-hybridized carbons (Fsp3) is 0.500. The molecule has 1 amide bonds. The quantitative estimate of drug-likeness (QED) is 0.828. The number of aryl methyl sites for hydroxylation is 1. The van der Waals surface area contributed by atoms with Crippen LogP contribution in [-0.2, 0) is 11.2 Å². The van der Waals surface area contributed by atoms with Crippen molar-refractivity contribution in [3.63, 3.8) is 0 Å². The molecule has 2 atom stereocenters. The van der Waals surface area contributed by atoms with E-state index in [1.807, 2.05) is 0 Å². The molecular weight excluding hydrogens is 347 g/mol. The molecular formula is C16H22ClFN6O. The molecule has 0 spiro atoms. The number of carbonyl (C=O) groups is 1. The number of tetrazole rings is 1. The molecule has 25 heavy (non-hydrogen) atoms. The van der Waals surface area contributed by atoms with Crippen LogP contribution in [0.5, 0.6) is 0 Å². The summed E-state index contributed by atoms with van der Waals surface area (Å²) in [6, 6.07) is 5.74. The third kappa shape index (κ3) is 4.96. The number of amides is 1. The van der Waals surface area contributed by atoms with Crippen LogP contribution in [0, 0.1) is 12.7 Å². The summed E-state index contributed by atoms with van der Waals surface area (Å²) in [5.41, 5.74) is 0.729. The molecule has 136 valence electrons. The summed E-state index contributed by atoms with van der Waals surface area (Å²) >= 11 is 0. The van der Waals surface area contributed by atoms with Crippen molar-refractivity contribution in [3.05, 3.63) is 41.5 Å². The number of benzene rings is 1. The predicted molar refractivity (Wildman–Crippen MR) is 93.0 cm³/mol. The highest BCUT2D eigenvalue weighted by molar-refractivity contribution is 5.85. The maximum absolute atomic E-state index is 13.5. The number of hydrogen-bond acceptors (Lipinski definition) is 5. The Kier molecular flexibility index (Phi) is 6.83. The topological polar surface area (TPSA) is 84.7 Å². The van der Waals surface area contributed by atoms with Gasteiger partial charge in [-0.15, -0.1) is 17.5 Å². The van der Waals surface area contributed by atoms with Crippen LogP contribution in [0.25, 0.3) is 0 Å². The average molecular weight is 369 g/mol. The summed E-state index contributed by atoms with van der Waals surface area (Å²) in [7, 11) is 0. The van der Waals surface area contributed by atoms with Gasteiger partial charge in [-0.3, -0.25) is 4.79 Å². The molecule has 7 nitrogen and oxygen atoms in total. The van der Waals surface area contributed by atoms with Crippen LogP contribution in [0.4, 0.5) is 4.39 Å². The second kappa shape index (κ2) is 8.87. The molecule has 1 unspecified atom stereocenters. The van der Waals surface area contributed by atoms with E-state index in [0.29, 0.717) is 12.2 Å². The molecule has 2 N–H and O–H groups in total. The summed E-state index contributed by atoms with van der Waals surface area (Å²) in [4.78, 5) is 12.8. The lowest BCUT2D eigenvalue weighted by Gasteiger charge is -2.26. The van der Waals surface area contributed by atoms with Gasteiger partial charge in [-0.05, 0) is 54.4 Å². The molecule has 0 bridgehead atoms. The third-order valence-corrected chi connectivity index (χ3v) is 4.22. The smallest absolute Gasteiger partial charge is 0.245 e. The van der Waals surface area contributed by atoms with E-state index in [9.17, 15) is 9.18 Å². The molecule has 1 aromatic heterocycles. The van der Waals surface area contributed by atoms with Gasteiger partial charge in [0, 0.05) is 19.0 Å². The SMILES string of the molecule is Cc1nnnn1C(Cc1cccc(F)c1)C(=O)N[C@H]1CCCNC1.Cl. The standard InChI is InChI=1S/C16H21FN6O.ClH/c1-11-20-21-22-23(11)15(9-12-4-2-5-13(17)8-12)16(24)19-14-6-3-7-18-10-14;/h2,4-5,8,14-15,18H,3,6-7,9-10H2,1H3,(H,19,24);1H/t14-,15?;/m0./s1. The zero-order valence-electron chi connectivity index (χ0n) is 14.0. The number of halogens is 2. The van der Waals surface area contributed by atoms with Crippen molar-refractivity contribution in [3.8, 4) is 0 Å². The summed E-state index contributed by atoms with van der Waals surface area (Å²) in [6.45, 7) is 3.48. The fourth-order valence-electron chi connectivity index (χ4n) is 2.98. The van der Waals surface area contributed by atoms with Crippen molar-refractivity contribution in [2.75, 3.05) is 13.1 Å². The van der Waals surface area contributed by atoms with Crippen molar-refractivity contribution >= 4 is 18.3 Å². The Morgan fingerprint density at radius 2 is 2.36 bits per heavy atom. The summed E-state index contributed by atoms with van der Waals surface area (Å²) < 4.78 is 15.0. The zero-order chi connectivity index (χ0) is 16.9. The molecule has 1 aliphatic rings. The molecule has 0 saturated carbocycles. The van der Waals surface area contributed by atoms with Crippen LogP contribution in [0.15, 0.2) is 24.3 Å². The summed E-state index contributed by atoms with van der Waals surface area (Å²) in [5, 5.41) is 17.8. The minimum absolute atomic E-state index is 0. The number of carbonyl (C=O) groups excluding carboxylic acids is 1. The minimum atomic E-state index is -0.608. The number of nitrogens with zero attached hydrogens (tertiary/aromatic N) is 4. The highest BCUT2D eigenvalue weighted by Gasteiger charge is 2.26. The van der Waals surface area contributed by atoms with E-state index in [2.05, 4.69) is 26.2 Å². The van der Waals surface area contributed by atoms with E-state index >= 15 is 0 Å². The second-order valence-electron chi connectivity index (χ2n) is 6.07. The van der Waals surface area contributed by atoms with Crippen molar-refractivity contribution in [1.29, 1.82) is 0 Å². The van der Waals surface area contributed by atoms with Gasteiger partial charge in [-0.25, -0.2) is 9.07 Å². The monoisotopic (exact) mass is 368 g/mol. The van der Waals surface area contributed by atoms with E-state index in [0.717, 1.165) is 31.5 Å². The van der Waals surface area contributed by atoms with Gasteiger partial charge in [0.1, 0.15) is 17.7 Å². The summed E-state index contributed by atoms with van der Waals surface area (Å²) in [6.07, 6.45) is 2.30. The van der Waals surface area contributed by atoms with E-state index in [4.69, 9.17) is 0 Å². The highest BCUT2D eigenvalue weighted by Crippen LogP contribution is 2.17. The molecule has 2 heterocycles. The first-order chi connectivity index (χ1) is 11.6. The van der Waals surface area contributed by atoms with Gasteiger partial charge in [-0.2, -0.15) is 0 Å². The van der Waals surface area contributed by atoms with Gasteiger partial charge >= 0.3 is 0 Å². The molecule has 2 aromatic rings. The van der Waals surface area contributed by atoms with E-state index in [1.165, 1.54) is 16.8 Å². The van der Waals surface area contributed by atoms with Crippen molar-refractivity contribution in [2.45, 2.75) is 38.3 Å². The third-order valence-electron chi connectivity index (χ3n) is 4.22. The van der Waals surface area contributed by atoms with Crippen LogP contribution in [0.3, 0.4) is 0 Å². The lowest BCUT2D eigenvalue weighted by molar-refractivity contribution is -0.125. The van der Waals surface area contributed by atoms with Gasteiger partial charge < -0.3 is 10.6 Å². The van der Waals surface area contributed by atoms with Crippen molar-refractivity contribution in [2.24, 2.45) is 0 Å². The van der Waals surface area contributed by atoms with Crippen LogP contribution in [0.1, 0.15) is 30.3 Å². The Balaban J connectivity index is 0.00000225. The van der Waals surface area contributed by atoms with Gasteiger partial charge in [0.2, 0.25) is 5.91 Å². The predicted octanol–water partition coefficient (Wildman–Crippen LogP) is 1.19. The van der Waals surface area contributed by atoms with Gasteiger partial charge in [-0.1, -0.05) is 12.1 Å². The van der Waals surface area contributed by atoms with Crippen molar-refractivity contribution < 1.29 is 9.18 Å². The van der Waals surface area contributed by atoms with Gasteiger partial charge in [0.05, 0.1) is 0 Å². The van der Waals surface area contributed by atoms with Gasteiger partial charge in [0.25, 0.3) is 0 Å². The maximum atomic E-state index is 13.5. The van der Waals surface area contributed by atoms with E-state index in [1.54, 1.807) is 19.1 Å². The number of rotatable bonds is 5. The van der Waals surface area contributed by atoms with Crippen molar-refractivity contribution in [1.82, 2.24) is 30.8 Å². The fourth-order valence-corrected chi connectivity index (χ4v) is 2.98. The molecule has 1 aliphatic heterocycles. The lowest BCUT2D eigenvalue weighted by Crippen LogP contribution is -2.48. The Bertz CT molecular complexity index is 703. The summed E-state index contributed by atoms with van der Waals surface area (Å²) in [5.74, 6) is 0.0771. The van der Waals surface area contributed by atoms with Crippen LogP contribution >= 0.6 is 12.4 Å². The van der Waals surface area contributed by atoms with Crippen LogP contribution in [0.2, 0.25) is 0 Å². The van der Waals surface area contributed by atoms with Gasteiger partial charge in [0.15, 0.2) is 0 Å². The Morgan fingerprint density at radius 3 is 3.00 bits per heavy atom. The highest BCUT2D eigenvalue weighted by atomic mass is 35.5. The Morgan fingerprint density at radius 1 is 1.52 bits per heavy atom. The maximum Gasteiger partial charge on any atom is 0.245 e. The number of piperidine rings is 1. The first-order valence-corrected chi connectivity index (χ1v) is 8.13. The molecule has 0 aliphatic carbocycles. The van der Waals surface area contributed by atoms with E-state index < -0.39 is 6.04 Å². The molecule has 1 aromatic carbocycles. The van der Waals surface area contributed by atoms with E-state index in [-0.39, 0.29) is 30.2 Å². The first kappa shape index (κ1) is 19.3. The molecule has 0 radical (unpaired) electrons. The first-order valence-electron chi connectivity index (χ1n) is 8.13. The molecule has 9 heteroatoms. The minimum Gasteiger partial charge on any atom is -0.350 e. The van der Waals surface area contributed by atoms with Crippen LogP contribution < -0.4 is 10.6 Å². The molecule has 1 saturated heterocycles. The number of hydrogen-bond donors (Lipinski definition) is 2. The Labute approximate surface area is 151 Å². The number of nitrogens with one attached hydrogen (secondary N) is 2. The number of aromatic nitrogens is 4. The zero-order valence-corrected chi connectivity index (χ0v) is 14.8. The molecule has 1 fully saturated rings. The average Bonchev–Trinajstić information content (AvgIpc) is 2.99. The van der Waals surface area contributed by atoms with Crippen LogP contribution in [-0.4, -0.2) is 45.2 Å². The Hall–Kier alpha value is -2.06. The largest absolute Gasteiger partial charge is 0.350 e. The normalized spacial score (nSPS) is 18.2. The molecule has 3 rings (SSSR count).